The number of nitrogens with two attached hydrogens (primary N) is 2. The van der Waals surface area contributed by atoms with E-state index in [1.165, 1.54) is 0 Å². The summed E-state index contributed by atoms with van der Waals surface area (Å²) >= 11 is 0. The van der Waals surface area contributed by atoms with Gasteiger partial charge < -0.3 is 16.2 Å². The zero-order chi connectivity index (χ0) is 24.3. The number of nitrogens with one attached hydrogen (secondary N) is 2. The first-order valence-corrected chi connectivity index (χ1v) is 12.1. The van der Waals surface area contributed by atoms with Crippen LogP contribution in [0.15, 0.2) is 85.1 Å². The molecular weight excluding hydrogens is 450 g/mol. The van der Waals surface area contributed by atoms with Gasteiger partial charge in [-0.05, 0) is 42.0 Å². The summed E-state index contributed by atoms with van der Waals surface area (Å²) in [6.45, 7) is 0. The third-order valence-corrected chi connectivity index (χ3v) is 5.60. The molecule has 34 heavy (non-hydrogen) atoms. The Hall–Kier alpha value is -4.37. The third kappa shape index (κ3) is 5.16. The van der Waals surface area contributed by atoms with Crippen LogP contribution in [0.1, 0.15) is 5.56 Å². The molecule has 0 saturated heterocycles. The van der Waals surface area contributed by atoms with E-state index in [1.54, 1.807) is 30.5 Å². The van der Waals surface area contributed by atoms with Gasteiger partial charge in [0.05, 0.1) is 23.2 Å². The third-order valence-electron chi connectivity index (χ3n) is 4.99. The van der Waals surface area contributed by atoms with Gasteiger partial charge in [-0.15, -0.1) is 0 Å². The van der Waals surface area contributed by atoms with E-state index < -0.39 is 10.0 Å². The van der Waals surface area contributed by atoms with Gasteiger partial charge >= 0.3 is 0 Å². The molecule has 0 aliphatic heterocycles. The van der Waals surface area contributed by atoms with Crippen LogP contribution in [0.5, 0.6) is 11.5 Å². The molecule has 0 bridgehead atoms. The van der Waals surface area contributed by atoms with Gasteiger partial charge in [0.15, 0.2) is 0 Å². The van der Waals surface area contributed by atoms with Crippen molar-refractivity contribution >= 4 is 27.2 Å². The average Bonchev–Trinajstić information content (AvgIpc) is 2.79. The minimum absolute atomic E-state index is 0.184. The van der Waals surface area contributed by atoms with Crippen molar-refractivity contribution in [2.75, 3.05) is 16.7 Å². The molecule has 4 aromatic rings. The number of rotatable bonds is 7. The van der Waals surface area contributed by atoms with Crippen LogP contribution in [0, 0.1) is 5.41 Å². The average molecular weight is 474 g/mol. The Labute approximate surface area is 197 Å². The Morgan fingerprint density at radius 1 is 0.912 bits per heavy atom. The van der Waals surface area contributed by atoms with Crippen molar-refractivity contribution in [2.45, 2.75) is 0 Å². The van der Waals surface area contributed by atoms with E-state index in [0.717, 1.165) is 17.6 Å². The lowest BCUT2D eigenvalue weighted by Crippen LogP contribution is -2.16. The SMILES string of the molecule is CS(=O)(=O)Nc1ccc(-c2ncc(-c3ccc(Oc4ccccc4)cc3)c(C(=N)N)c2N)cc1. The first-order chi connectivity index (χ1) is 16.2. The minimum Gasteiger partial charge on any atom is -0.457 e. The number of para-hydroxylation sites is 1. The van der Waals surface area contributed by atoms with Crippen molar-refractivity contribution in [2.24, 2.45) is 5.73 Å². The summed E-state index contributed by atoms with van der Waals surface area (Å²) in [6.07, 6.45) is 2.71. The first kappa shape index (κ1) is 22.8. The topological polar surface area (TPSA) is 144 Å². The maximum atomic E-state index is 11.4. The summed E-state index contributed by atoms with van der Waals surface area (Å²) in [5, 5.41) is 8.12. The van der Waals surface area contributed by atoms with Gasteiger partial charge in [0.2, 0.25) is 10.0 Å². The summed E-state index contributed by atoms with van der Waals surface area (Å²) in [5.41, 5.74) is 15.9. The number of anilines is 2. The molecule has 0 aliphatic rings. The van der Waals surface area contributed by atoms with E-state index in [9.17, 15) is 8.42 Å². The van der Waals surface area contributed by atoms with Gasteiger partial charge in [-0.3, -0.25) is 15.1 Å². The summed E-state index contributed by atoms with van der Waals surface area (Å²) in [5.74, 6) is 1.21. The Balaban J connectivity index is 1.66. The molecule has 0 radical (unpaired) electrons. The maximum Gasteiger partial charge on any atom is 0.229 e. The lowest BCUT2D eigenvalue weighted by Gasteiger charge is -2.15. The predicted molar refractivity (Wildman–Crippen MR) is 136 cm³/mol. The molecule has 172 valence electrons. The second kappa shape index (κ2) is 9.24. The number of sulfonamides is 1. The number of hydrogen-bond acceptors (Lipinski definition) is 6. The van der Waals surface area contributed by atoms with E-state index in [-0.39, 0.29) is 11.5 Å². The molecule has 0 spiro atoms. The molecule has 4 rings (SSSR count). The van der Waals surface area contributed by atoms with Crippen LogP contribution in [0.3, 0.4) is 0 Å². The highest BCUT2D eigenvalue weighted by atomic mass is 32.2. The van der Waals surface area contributed by atoms with Crippen molar-refractivity contribution in [3.05, 3.63) is 90.6 Å². The van der Waals surface area contributed by atoms with Gasteiger partial charge in [0, 0.05) is 23.0 Å². The van der Waals surface area contributed by atoms with Crippen LogP contribution in [0.25, 0.3) is 22.4 Å². The highest BCUT2D eigenvalue weighted by Gasteiger charge is 2.17. The number of ether oxygens (including phenoxy) is 1. The fraction of sp³-hybridized carbons (Fsp3) is 0.0400. The highest BCUT2D eigenvalue weighted by Crippen LogP contribution is 2.35. The van der Waals surface area contributed by atoms with Crippen LogP contribution in [0.2, 0.25) is 0 Å². The van der Waals surface area contributed by atoms with Crippen molar-refractivity contribution < 1.29 is 13.2 Å². The zero-order valence-corrected chi connectivity index (χ0v) is 19.1. The quantitative estimate of drug-likeness (QED) is 0.231. The Morgan fingerprint density at radius 3 is 2.09 bits per heavy atom. The number of nitrogen functional groups attached to an aromatic ring is 2. The fourth-order valence-corrected chi connectivity index (χ4v) is 4.07. The smallest absolute Gasteiger partial charge is 0.229 e. The lowest BCUT2D eigenvalue weighted by atomic mass is 9.96. The summed E-state index contributed by atoms with van der Waals surface area (Å²) in [7, 11) is -3.38. The highest BCUT2D eigenvalue weighted by molar-refractivity contribution is 7.92. The van der Waals surface area contributed by atoms with Crippen molar-refractivity contribution in [1.29, 1.82) is 5.41 Å². The molecule has 0 aliphatic carbocycles. The van der Waals surface area contributed by atoms with Crippen molar-refractivity contribution in [1.82, 2.24) is 4.98 Å². The van der Waals surface area contributed by atoms with E-state index in [0.29, 0.717) is 33.8 Å². The molecule has 0 saturated carbocycles. The van der Waals surface area contributed by atoms with Gasteiger partial charge in [0.1, 0.15) is 17.3 Å². The van der Waals surface area contributed by atoms with Gasteiger partial charge in [-0.25, -0.2) is 8.42 Å². The predicted octanol–water partition coefficient (Wildman–Crippen LogP) is 4.45. The molecule has 0 amide bonds. The molecule has 0 unspecified atom stereocenters. The van der Waals surface area contributed by atoms with Crippen LogP contribution in [-0.2, 0) is 10.0 Å². The van der Waals surface area contributed by atoms with E-state index in [2.05, 4.69) is 9.71 Å². The molecule has 3 aromatic carbocycles. The molecule has 9 heteroatoms. The fourth-order valence-electron chi connectivity index (χ4n) is 3.50. The number of nitrogens with zero attached hydrogens (tertiary/aromatic N) is 1. The second-order valence-corrected chi connectivity index (χ2v) is 9.36. The Morgan fingerprint density at radius 2 is 1.50 bits per heavy atom. The van der Waals surface area contributed by atoms with Crippen LogP contribution >= 0.6 is 0 Å². The molecule has 8 nitrogen and oxygen atoms in total. The van der Waals surface area contributed by atoms with Crippen molar-refractivity contribution in [3.8, 4) is 33.9 Å². The number of aromatic nitrogens is 1. The number of pyridine rings is 1. The van der Waals surface area contributed by atoms with Crippen LogP contribution in [-0.4, -0.2) is 25.5 Å². The molecule has 1 heterocycles. The minimum atomic E-state index is -3.38. The molecule has 6 N–H and O–H groups in total. The normalized spacial score (nSPS) is 11.1. The van der Waals surface area contributed by atoms with E-state index in [1.807, 2.05) is 54.6 Å². The van der Waals surface area contributed by atoms with Crippen LogP contribution < -0.4 is 20.9 Å². The summed E-state index contributed by atoms with van der Waals surface area (Å²) in [6, 6.07) is 23.4. The largest absolute Gasteiger partial charge is 0.457 e. The molecular formula is C25H23N5O3S. The van der Waals surface area contributed by atoms with E-state index >= 15 is 0 Å². The maximum absolute atomic E-state index is 11.4. The number of amidine groups is 1. The van der Waals surface area contributed by atoms with Crippen molar-refractivity contribution in [3.63, 3.8) is 0 Å². The Kier molecular flexibility index (Phi) is 6.20. The summed E-state index contributed by atoms with van der Waals surface area (Å²) in [4.78, 5) is 4.52. The first-order valence-electron chi connectivity index (χ1n) is 10.3. The Bertz CT molecular complexity index is 1440. The van der Waals surface area contributed by atoms with E-state index in [4.69, 9.17) is 21.6 Å². The molecule has 1 aromatic heterocycles. The number of hydrogen-bond donors (Lipinski definition) is 4. The monoisotopic (exact) mass is 473 g/mol. The molecule has 0 fully saturated rings. The zero-order valence-electron chi connectivity index (χ0n) is 18.3. The van der Waals surface area contributed by atoms with Gasteiger partial charge in [0.25, 0.3) is 0 Å². The van der Waals surface area contributed by atoms with Gasteiger partial charge in [-0.2, -0.15) is 0 Å². The lowest BCUT2D eigenvalue weighted by molar-refractivity contribution is 0.483. The van der Waals surface area contributed by atoms with Gasteiger partial charge in [-0.1, -0.05) is 42.5 Å². The second-order valence-electron chi connectivity index (χ2n) is 7.61. The van der Waals surface area contributed by atoms with Crippen LogP contribution in [0.4, 0.5) is 11.4 Å². The molecule has 0 atom stereocenters. The standard InChI is InChI=1S/C25H23N5O3S/c1-34(31,32)30-18-11-7-17(8-12-18)24-23(26)22(25(27)28)21(15-29-24)16-9-13-20(14-10-16)33-19-5-3-2-4-6-19/h2-15,30H,26H2,1H3,(H3,27,28). The number of benzene rings is 3. The summed E-state index contributed by atoms with van der Waals surface area (Å²) < 4.78 is 31.1.